The Morgan fingerprint density at radius 2 is 2.17 bits per heavy atom. The summed E-state index contributed by atoms with van der Waals surface area (Å²) in [6.07, 6.45) is 11.6. The van der Waals surface area contributed by atoms with Crippen molar-refractivity contribution in [3.8, 4) is 0 Å². The predicted molar refractivity (Wildman–Crippen MR) is 54.8 cm³/mol. The average Bonchev–Trinajstić information content (AvgIpc) is 2.87. The van der Waals surface area contributed by atoms with Crippen LogP contribution in [0.5, 0.6) is 0 Å². The van der Waals surface area contributed by atoms with Crippen molar-refractivity contribution in [1.29, 1.82) is 0 Å². The highest BCUT2D eigenvalue weighted by Crippen LogP contribution is 2.33. The SMILES string of the molecule is CCCC/N=C\CCCC1CC1. The highest BCUT2D eigenvalue weighted by atomic mass is 14.7. The molecule has 0 amide bonds. The normalized spacial score (nSPS) is 17.4. The standard InChI is InChI=1S/C11H21N/c1-2-3-9-12-10-5-4-6-11-7-8-11/h10-11H,2-9H2,1H3/b12-10-. The molecule has 1 saturated carbocycles. The lowest BCUT2D eigenvalue weighted by molar-refractivity contribution is 0.686. The maximum atomic E-state index is 4.35. The minimum absolute atomic E-state index is 1.04. The molecule has 1 nitrogen and oxygen atoms in total. The molecule has 1 aliphatic carbocycles. The first kappa shape index (κ1) is 9.76. The van der Waals surface area contributed by atoms with E-state index >= 15 is 0 Å². The fraction of sp³-hybridized carbons (Fsp3) is 0.909. The molecule has 0 aromatic rings. The van der Waals surface area contributed by atoms with Crippen LogP contribution in [0.2, 0.25) is 0 Å². The summed E-state index contributed by atoms with van der Waals surface area (Å²) < 4.78 is 0. The Labute approximate surface area is 76.3 Å². The number of rotatable bonds is 7. The molecule has 0 N–H and O–H groups in total. The first-order valence-corrected chi connectivity index (χ1v) is 5.41. The van der Waals surface area contributed by atoms with Gasteiger partial charge in [-0.3, -0.25) is 4.99 Å². The molecule has 0 spiro atoms. The van der Waals surface area contributed by atoms with Crippen LogP contribution < -0.4 is 0 Å². The van der Waals surface area contributed by atoms with Gasteiger partial charge in [-0.15, -0.1) is 0 Å². The summed E-state index contributed by atoms with van der Waals surface area (Å²) in [6, 6.07) is 0. The van der Waals surface area contributed by atoms with E-state index in [0.29, 0.717) is 0 Å². The van der Waals surface area contributed by atoms with E-state index in [4.69, 9.17) is 0 Å². The lowest BCUT2D eigenvalue weighted by atomic mass is 10.2. The van der Waals surface area contributed by atoms with E-state index in [2.05, 4.69) is 18.1 Å². The topological polar surface area (TPSA) is 12.4 Å². The smallest absolute Gasteiger partial charge is 0.0385 e. The van der Waals surface area contributed by atoms with Crippen LogP contribution in [0.25, 0.3) is 0 Å². The Kier molecular flexibility index (Phi) is 5.05. The Balaban J connectivity index is 1.76. The van der Waals surface area contributed by atoms with Crippen molar-refractivity contribution in [3.05, 3.63) is 0 Å². The molecule has 0 bridgehead atoms. The van der Waals surface area contributed by atoms with Crippen LogP contribution in [0.1, 0.15) is 51.9 Å². The Morgan fingerprint density at radius 3 is 2.83 bits per heavy atom. The molecule has 0 unspecified atom stereocenters. The van der Waals surface area contributed by atoms with E-state index in [9.17, 15) is 0 Å². The van der Waals surface area contributed by atoms with Crippen molar-refractivity contribution in [2.75, 3.05) is 6.54 Å². The van der Waals surface area contributed by atoms with E-state index in [1.165, 1.54) is 44.9 Å². The van der Waals surface area contributed by atoms with Gasteiger partial charge in [0.15, 0.2) is 0 Å². The van der Waals surface area contributed by atoms with E-state index < -0.39 is 0 Å². The van der Waals surface area contributed by atoms with Gasteiger partial charge in [-0.1, -0.05) is 32.6 Å². The summed E-state index contributed by atoms with van der Waals surface area (Å²) in [5, 5.41) is 0. The number of nitrogens with zero attached hydrogens (tertiary/aromatic N) is 1. The van der Waals surface area contributed by atoms with Crippen LogP contribution >= 0.6 is 0 Å². The van der Waals surface area contributed by atoms with Gasteiger partial charge >= 0.3 is 0 Å². The molecular formula is C11H21N. The van der Waals surface area contributed by atoms with Crippen molar-refractivity contribution in [2.45, 2.75) is 51.9 Å². The molecule has 70 valence electrons. The molecule has 1 heteroatoms. The third-order valence-electron chi connectivity index (χ3n) is 2.41. The molecule has 1 fully saturated rings. The molecule has 0 aliphatic heterocycles. The first-order valence-electron chi connectivity index (χ1n) is 5.41. The highest BCUT2D eigenvalue weighted by Gasteiger charge is 2.19. The maximum Gasteiger partial charge on any atom is 0.0385 e. The first-order chi connectivity index (χ1) is 5.93. The largest absolute Gasteiger partial charge is 0.298 e. The van der Waals surface area contributed by atoms with Gasteiger partial charge in [0.25, 0.3) is 0 Å². The van der Waals surface area contributed by atoms with Crippen LogP contribution in [0.3, 0.4) is 0 Å². The summed E-state index contributed by atoms with van der Waals surface area (Å²) >= 11 is 0. The van der Waals surface area contributed by atoms with E-state index in [1.54, 1.807) is 0 Å². The van der Waals surface area contributed by atoms with Gasteiger partial charge in [-0.25, -0.2) is 0 Å². The second-order valence-corrected chi connectivity index (χ2v) is 3.82. The fourth-order valence-corrected chi connectivity index (χ4v) is 1.34. The maximum absolute atomic E-state index is 4.35. The minimum Gasteiger partial charge on any atom is -0.298 e. The van der Waals surface area contributed by atoms with Crippen LogP contribution in [0, 0.1) is 5.92 Å². The molecule has 0 aromatic carbocycles. The summed E-state index contributed by atoms with van der Waals surface area (Å²) in [5.41, 5.74) is 0. The van der Waals surface area contributed by atoms with Gasteiger partial charge in [0, 0.05) is 6.54 Å². The zero-order valence-corrected chi connectivity index (χ0v) is 8.26. The van der Waals surface area contributed by atoms with E-state index in [0.717, 1.165) is 12.5 Å². The monoisotopic (exact) mass is 167 g/mol. The molecule has 0 saturated heterocycles. The van der Waals surface area contributed by atoms with Crippen molar-refractivity contribution >= 4 is 6.21 Å². The van der Waals surface area contributed by atoms with E-state index in [-0.39, 0.29) is 0 Å². The number of aliphatic imine (C=N–C) groups is 1. The molecule has 0 heterocycles. The fourth-order valence-electron chi connectivity index (χ4n) is 1.34. The molecule has 12 heavy (non-hydrogen) atoms. The summed E-state index contributed by atoms with van der Waals surface area (Å²) in [4.78, 5) is 4.35. The van der Waals surface area contributed by atoms with Crippen molar-refractivity contribution in [1.82, 2.24) is 0 Å². The Hall–Kier alpha value is -0.330. The molecule has 0 atom stereocenters. The predicted octanol–water partition coefficient (Wildman–Crippen LogP) is 3.44. The second kappa shape index (κ2) is 6.22. The molecule has 0 radical (unpaired) electrons. The van der Waals surface area contributed by atoms with Crippen molar-refractivity contribution in [2.24, 2.45) is 10.9 Å². The van der Waals surface area contributed by atoms with Gasteiger partial charge < -0.3 is 0 Å². The van der Waals surface area contributed by atoms with Crippen molar-refractivity contribution < 1.29 is 0 Å². The van der Waals surface area contributed by atoms with Crippen LogP contribution in [0.15, 0.2) is 4.99 Å². The van der Waals surface area contributed by atoms with Crippen LogP contribution in [-0.4, -0.2) is 12.8 Å². The number of hydrogen-bond acceptors (Lipinski definition) is 1. The third-order valence-corrected chi connectivity index (χ3v) is 2.41. The molecule has 1 rings (SSSR count). The van der Waals surface area contributed by atoms with Crippen LogP contribution in [-0.2, 0) is 0 Å². The minimum atomic E-state index is 1.04. The van der Waals surface area contributed by atoms with Gasteiger partial charge in [0.2, 0.25) is 0 Å². The highest BCUT2D eigenvalue weighted by molar-refractivity contribution is 5.56. The second-order valence-electron chi connectivity index (χ2n) is 3.82. The lowest BCUT2D eigenvalue weighted by Crippen LogP contribution is -1.83. The molecule has 0 aromatic heterocycles. The molecule has 1 aliphatic rings. The Bertz CT molecular complexity index is 125. The third kappa shape index (κ3) is 5.34. The molecular weight excluding hydrogens is 146 g/mol. The van der Waals surface area contributed by atoms with Crippen molar-refractivity contribution in [3.63, 3.8) is 0 Å². The summed E-state index contributed by atoms with van der Waals surface area (Å²) in [6.45, 7) is 3.25. The average molecular weight is 167 g/mol. The van der Waals surface area contributed by atoms with E-state index in [1.807, 2.05) is 0 Å². The van der Waals surface area contributed by atoms with Gasteiger partial charge in [0.1, 0.15) is 0 Å². The van der Waals surface area contributed by atoms with Gasteiger partial charge in [-0.2, -0.15) is 0 Å². The summed E-state index contributed by atoms with van der Waals surface area (Å²) in [7, 11) is 0. The zero-order valence-electron chi connectivity index (χ0n) is 8.26. The summed E-state index contributed by atoms with van der Waals surface area (Å²) in [5.74, 6) is 1.09. The zero-order chi connectivity index (χ0) is 8.65. The number of unbranched alkanes of at least 4 members (excludes halogenated alkanes) is 2. The van der Waals surface area contributed by atoms with Gasteiger partial charge in [-0.05, 0) is 31.4 Å². The lowest BCUT2D eigenvalue weighted by Gasteiger charge is -1.93. The number of hydrogen-bond donors (Lipinski definition) is 0. The van der Waals surface area contributed by atoms with Gasteiger partial charge in [0.05, 0.1) is 0 Å². The quantitative estimate of drug-likeness (QED) is 0.407. The van der Waals surface area contributed by atoms with Crippen LogP contribution in [0.4, 0.5) is 0 Å². The Morgan fingerprint density at radius 1 is 1.33 bits per heavy atom.